The molecule has 3 heterocycles. The van der Waals surface area contributed by atoms with Crippen LogP contribution in [0, 0.1) is 28.6 Å². The van der Waals surface area contributed by atoms with E-state index in [1.54, 1.807) is 24.3 Å². The molecule has 39 heavy (non-hydrogen) atoms. The molecule has 1 aromatic carbocycles. The van der Waals surface area contributed by atoms with Gasteiger partial charge in [-0.1, -0.05) is 32.0 Å². The van der Waals surface area contributed by atoms with Gasteiger partial charge in [-0.2, -0.15) is 0 Å². The van der Waals surface area contributed by atoms with Crippen molar-refractivity contribution >= 4 is 34.7 Å². The van der Waals surface area contributed by atoms with Crippen LogP contribution < -0.4 is 0 Å². The highest BCUT2D eigenvalue weighted by atomic mass is 16.6. The highest BCUT2D eigenvalue weighted by Crippen LogP contribution is 2.64. The molecule has 6 rings (SSSR count). The monoisotopic (exact) mass is 532 g/mol. The number of rotatable bonds is 4. The first kappa shape index (κ1) is 25.2. The number of allylic oxidation sites excluding steroid dienone is 1. The zero-order valence-electron chi connectivity index (χ0n) is 21.8. The number of carbonyl (C=O) groups is 4. The molecule has 3 aromatic rings. The minimum atomic E-state index is -0.890. The van der Waals surface area contributed by atoms with Gasteiger partial charge in [-0.3, -0.25) is 14.4 Å². The number of para-hydroxylation sites is 1. The maximum Gasteiger partial charge on any atom is 0.379 e. The Bertz CT molecular complexity index is 1480. The Morgan fingerprint density at radius 2 is 1.87 bits per heavy atom. The molecule has 0 bridgehead atoms. The van der Waals surface area contributed by atoms with E-state index in [0.29, 0.717) is 35.8 Å². The number of hydrogen-bond acceptors (Lipinski definition) is 9. The Morgan fingerprint density at radius 3 is 2.59 bits per heavy atom. The van der Waals surface area contributed by atoms with Crippen LogP contribution in [-0.2, 0) is 28.6 Å². The smallest absolute Gasteiger partial charge is 0.379 e. The van der Waals surface area contributed by atoms with E-state index in [2.05, 4.69) is 0 Å². The van der Waals surface area contributed by atoms with Crippen LogP contribution in [-0.4, -0.2) is 30.8 Å². The number of esters is 3. The summed E-state index contributed by atoms with van der Waals surface area (Å²) in [7, 11) is 1.28. The van der Waals surface area contributed by atoms with Crippen molar-refractivity contribution in [2.24, 2.45) is 28.6 Å². The normalized spacial score (nSPS) is 32.0. The van der Waals surface area contributed by atoms with E-state index in [0.717, 1.165) is 0 Å². The molecule has 0 N–H and O–H groups in total. The SMILES string of the molecule is COC(=O)[C@@H]1C=C(OC(=O)c2cc3ccccc3o2)C(=O)[C@H]2[C@@]1(C)CC[C@H]1C(=O)O[C@H](c3ccoc3)C[C@]21C. The topological polar surface area (TPSA) is 122 Å². The van der Waals surface area contributed by atoms with Crippen LogP contribution in [0.1, 0.15) is 55.3 Å². The number of methoxy groups -OCH3 is 1. The molecule has 0 unspecified atom stereocenters. The molecule has 3 aliphatic rings. The van der Waals surface area contributed by atoms with Gasteiger partial charge < -0.3 is 23.0 Å². The van der Waals surface area contributed by atoms with Gasteiger partial charge in [0.15, 0.2) is 5.76 Å². The first-order valence-corrected chi connectivity index (χ1v) is 12.9. The second-order valence-corrected chi connectivity index (χ2v) is 11.2. The summed E-state index contributed by atoms with van der Waals surface area (Å²) in [5, 5.41) is 0.710. The van der Waals surface area contributed by atoms with Crippen LogP contribution in [0.5, 0.6) is 0 Å². The van der Waals surface area contributed by atoms with E-state index in [9.17, 15) is 19.2 Å². The number of fused-ring (bicyclic) bond motifs is 4. The molecule has 1 aliphatic heterocycles. The fraction of sp³-hybridized carbons (Fsp3) is 0.400. The first-order chi connectivity index (χ1) is 18.7. The second kappa shape index (κ2) is 8.97. The second-order valence-electron chi connectivity index (χ2n) is 11.2. The lowest BCUT2D eigenvalue weighted by molar-refractivity contribution is -0.197. The summed E-state index contributed by atoms with van der Waals surface area (Å²) >= 11 is 0. The summed E-state index contributed by atoms with van der Waals surface area (Å²) in [4.78, 5) is 53.7. The molecule has 0 radical (unpaired) electrons. The molecule has 202 valence electrons. The maximum atomic E-state index is 14.2. The molecule has 1 saturated carbocycles. The van der Waals surface area contributed by atoms with Crippen molar-refractivity contribution in [3.8, 4) is 0 Å². The number of ether oxygens (including phenoxy) is 3. The van der Waals surface area contributed by atoms with Crippen LogP contribution >= 0.6 is 0 Å². The zero-order valence-corrected chi connectivity index (χ0v) is 21.8. The Morgan fingerprint density at radius 1 is 1.08 bits per heavy atom. The summed E-state index contributed by atoms with van der Waals surface area (Å²) in [5.74, 6) is -4.80. The number of benzene rings is 1. The lowest BCUT2D eigenvalue weighted by Crippen LogP contribution is -2.61. The largest absolute Gasteiger partial charge is 0.472 e. The van der Waals surface area contributed by atoms with E-state index in [1.807, 2.05) is 19.9 Å². The molecule has 9 nitrogen and oxygen atoms in total. The molecule has 0 amide bonds. The van der Waals surface area contributed by atoms with Crippen molar-refractivity contribution in [1.29, 1.82) is 0 Å². The zero-order chi connectivity index (χ0) is 27.5. The lowest BCUT2D eigenvalue weighted by Gasteiger charge is -2.59. The minimum Gasteiger partial charge on any atom is -0.472 e. The Balaban J connectivity index is 1.40. The minimum absolute atomic E-state index is 0.0677. The standard InChI is InChI=1S/C30H28O9/c1-29-10-8-18-27(33)39-23(17-9-11-36-15-17)14-30(18,2)25(29)24(31)21(13-19(29)26(32)35-3)38-28(34)22-12-16-6-4-5-7-20(16)37-22/h4-7,9,11-13,15,18-19,23,25H,8,10,14H2,1-3H3/t18-,19-,23-,25-,29-,30-/m0/s1. The summed E-state index contributed by atoms with van der Waals surface area (Å²) < 4.78 is 27.4. The van der Waals surface area contributed by atoms with Crippen LogP contribution in [0.25, 0.3) is 11.0 Å². The predicted octanol–water partition coefficient (Wildman–Crippen LogP) is 5.17. The van der Waals surface area contributed by atoms with Gasteiger partial charge in [0.25, 0.3) is 0 Å². The number of hydrogen-bond donors (Lipinski definition) is 0. The molecular weight excluding hydrogens is 504 g/mol. The lowest BCUT2D eigenvalue weighted by atomic mass is 9.44. The molecule has 0 spiro atoms. The van der Waals surface area contributed by atoms with Crippen LogP contribution in [0.2, 0.25) is 0 Å². The highest BCUT2D eigenvalue weighted by molar-refractivity contribution is 6.03. The third-order valence-corrected chi connectivity index (χ3v) is 8.99. The van der Waals surface area contributed by atoms with Gasteiger partial charge in [-0.05, 0) is 54.4 Å². The Kier molecular flexibility index (Phi) is 5.78. The molecule has 2 aliphatic carbocycles. The average Bonchev–Trinajstić information content (AvgIpc) is 3.59. The third kappa shape index (κ3) is 3.82. The van der Waals surface area contributed by atoms with Crippen LogP contribution in [0.4, 0.5) is 0 Å². The summed E-state index contributed by atoms with van der Waals surface area (Å²) in [5.41, 5.74) is -0.570. The van der Waals surface area contributed by atoms with Crippen molar-refractivity contribution in [3.05, 3.63) is 72.1 Å². The highest BCUT2D eigenvalue weighted by Gasteiger charge is 2.66. The van der Waals surface area contributed by atoms with Crippen LogP contribution in [0.15, 0.2) is 69.6 Å². The van der Waals surface area contributed by atoms with E-state index < -0.39 is 58.4 Å². The van der Waals surface area contributed by atoms with Crippen molar-refractivity contribution in [2.75, 3.05) is 7.11 Å². The van der Waals surface area contributed by atoms with E-state index in [4.69, 9.17) is 23.0 Å². The summed E-state index contributed by atoms with van der Waals surface area (Å²) in [6.45, 7) is 3.77. The molecule has 2 aromatic heterocycles. The number of carbonyl (C=O) groups excluding carboxylic acids is 4. The molecule has 1 saturated heterocycles. The van der Waals surface area contributed by atoms with Crippen molar-refractivity contribution < 1.29 is 42.2 Å². The number of cyclic esters (lactones) is 1. The van der Waals surface area contributed by atoms with Crippen molar-refractivity contribution in [1.82, 2.24) is 0 Å². The predicted molar refractivity (Wildman–Crippen MR) is 135 cm³/mol. The quantitative estimate of drug-likeness (QED) is 0.331. The molecule has 2 fully saturated rings. The van der Waals surface area contributed by atoms with E-state index in [-0.39, 0.29) is 11.5 Å². The molecular formula is C30H28O9. The van der Waals surface area contributed by atoms with Gasteiger partial charge in [0.1, 0.15) is 11.7 Å². The van der Waals surface area contributed by atoms with Gasteiger partial charge in [0.05, 0.1) is 31.5 Å². The number of Topliss-reactive ketones (excluding diaryl/α,β-unsaturated/α-hetero) is 1. The Hall–Kier alpha value is -4.14. The Labute approximate surface area is 224 Å². The number of furan rings is 2. The van der Waals surface area contributed by atoms with Gasteiger partial charge in [0.2, 0.25) is 11.5 Å². The molecule has 9 heteroatoms. The average molecular weight is 533 g/mol. The van der Waals surface area contributed by atoms with Gasteiger partial charge >= 0.3 is 17.9 Å². The van der Waals surface area contributed by atoms with Crippen LogP contribution in [0.3, 0.4) is 0 Å². The first-order valence-electron chi connectivity index (χ1n) is 12.9. The van der Waals surface area contributed by atoms with Gasteiger partial charge in [-0.25, -0.2) is 4.79 Å². The molecule has 6 atom stereocenters. The maximum absolute atomic E-state index is 14.2. The summed E-state index contributed by atoms with van der Waals surface area (Å²) in [6, 6.07) is 10.4. The van der Waals surface area contributed by atoms with Crippen molar-refractivity contribution in [3.63, 3.8) is 0 Å². The third-order valence-electron chi connectivity index (χ3n) is 8.99. The van der Waals surface area contributed by atoms with Gasteiger partial charge in [0, 0.05) is 16.9 Å². The van der Waals surface area contributed by atoms with Crippen molar-refractivity contribution in [2.45, 2.75) is 39.2 Å². The van der Waals surface area contributed by atoms with Gasteiger partial charge in [-0.15, -0.1) is 0 Å². The van der Waals surface area contributed by atoms with E-state index in [1.165, 1.54) is 31.8 Å². The fourth-order valence-electron chi connectivity index (χ4n) is 7.12. The number of ketones is 1. The van der Waals surface area contributed by atoms with E-state index >= 15 is 0 Å². The summed E-state index contributed by atoms with van der Waals surface area (Å²) in [6.07, 6.45) is 5.00. The fourth-order valence-corrected chi connectivity index (χ4v) is 7.12.